The van der Waals surface area contributed by atoms with Crippen molar-refractivity contribution in [1.82, 2.24) is 0 Å². The Labute approximate surface area is 123 Å². The maximum Gasteiger partial charge on any atom is 0.334 e. The molecule has 110 valence electrons. The molecule has 1 aliphatic rings. The van der Waals surface area contributed by atoms with Crippen molar-refractivity contribution >= 4 is 5.97 Å². The third-order valence-electron chi connectivity index (χ3n) is 3.26. The van der Waals surface area contributed by atoms with Gasteiger partial charge in [-0.15, -0.1) is 0 Å². The van der Waals surface area contributed by atoms with Gasteiger partial charge in [-0.1, -0.05) is 30.4 Å². The lowest BCUT2D eigenvalue weighted by Gasteiger charge is -2.09. The van der Waals surface area contributed by atoms with E-state index in [0.29, 0.717) is 16.9 Å². The van der Waals surface area contributed by atoms with Crippen molar-refractivity contribution in [2.45, 2.75) is 13.5 Å². The molecule has 0 aromatic heterocycles. The third-order valence-corrected chi connectivity index (χ3v) is 3.26. The van der Waals surface area contributed by atoms with E-state index >= 15 is 0 Å². The Morgan fingerprint density at radius 1 is 1.38 bits per heavy atom. The van der Waals surface area contributed by atoms with Gasteiger partial charge in [-0.3, -0.25) is 0 Å². The molecule has 2 rings (SSSR count). The van der Waals surface area contributed by atoms with E-state index in [1.165, 1.54) is 13.2 Å². The number of hydrogen-bond donors (Lipinski definition) is 0. The number of hydrogen-bond acceptors (Lipinski definition) is 3. The normalized spacial score (nSPS) is 17.6. The molecule has 0 fully saturated rings. The van der Waals surface area contributed by atoms with E-state index in [9.17, 15) is 9.18 Å². The van der Waals surface area contributed by atoms with Crippen LogP contribution in [0.4, 0.5) is 4.39 Å². The SMILES string of the molecule is C/C=C(/C(=O)OC)C1C=CC(OCc2ccccc2F)=C1. The van der Waals surface area contributed by atoms with Crippen LogP contribution in [0.3, 0.4) is 0 Å². The summed E-state index contributed by atoms with van der Waals surface area (Å²) in [5.74, 6) is -0.205. The van der Waals surface area contributed by atoms with Crippen LogP contribution in [0, 0.1) is 11.7 Å². The Balaban J connectivity index is 2.01. The van der Waals surface area contributed by atoms with Crippen molar-refractivity contribution in [3.05, 3.63) is 71.3 Å². The van der Waals surface area contributed by atoms with E-state index in [1.807, 2.05) is 12.2 Å². The molecule has 4 heteroatoms. The van der Waals surface area contributed by atoms with Gasteiger partial charge in [0.15, 0.2) is 0 Å². The molecule has 21 heavy (non-hydrogen) atoms. The molecule has 1 aliphatic carbocycles. The van der Waals surface area contributed by atoms with Gasteiger partial charge in [-0.2, -0.15) is 0 Å². The summed E-state index contributed by atoms with van der Waals surface area (Å²) in [4.78, 5) is 11.6. The van der Waals surface area contributed by atoms with Crippen molar-refractivity contribution < 1.29 is 18.7 Å². The van der Waals surface area contributed by atoms with Gasteiger partial charge in [0.1, 0.15) is 18.2 Å². The molecule has 3 nitrogen and oxygen atoms in total. The number of methoxy groups -OCH3 is 1. The van der Waals surface area contributed by atoms with E-state index in [1.54, 1.807) is 37.3 Å². The monoisotopic (exact) mass is 288 g/mol. The molecular formula is C17H17FO3. The predicted octanol–water partition coefficient (Wildman–Crippen LogP) is 3.53. The molecule has 1 atom stereocenters. The summed E-state index contributed by atoms with van der Waals surface area (Å²) in [6.45, 7) is 1.94. The molecular weight excluding hydrogens is 271 g/mol. The van der Waals surface area contributed by atoms with Gasteiger partial charge >= 0.3 is 5.97 Å². The molecule has 0 aliphatic heterocycles. The van der Waals surface area contributed by atoms with Crippen LogP contribution in [0.5, 0.6) is 0 Å². The van der Waals surface area contributed by atoms with Gasteiger partial charge in [-0.25, -0.2) is 9.18 Å². The topological polar surface area (TPSA) is 35.5 Å². The highest BCUT2D eigenvalue weighted by Crippen LogP contribution is 2.25. The zero-order valence-electron chi connectivity index (χ0n) is 12.0. The van der Waals surface area contributed by atoms with Gasteiger partial charge in [-0.05, 0) is 25.1 Å². The maximum atomic E-state index is 13.5. The van der Waals surface area contributed by atoms with Crippen molar-refractivity contribution in [2.75, 3.05) is 7.11 Å². The van der Waals surface area contributed by atoms with Gasteiger partial charge < -0.3 is 9.47 Å². The van der Waals surface area contributed by atoms with Gasteiger partial charge in [0.05, 0.1) is 7.11 Å². The van der Waals surface area contributed by atoms with Crippen molar-refractivity contribution in [2.24, 2.45) is 5.92 Å². The summed E-state index contributed by atoms with van der Waals surface area (Å²) in [5.41, 5.74) is 1.05. The molecule has 1 unspecified atom stereocenters. The second-order valence-electron chi connectivity index (χ2n) is 4.57. The second kappa shape index (κ2) is 6.88. The van der Waals surface area contributed by atoms with Gasteiger partial charge in [0, 0.05) is 17.1 Å². The summed E-state index contributed by atoms with van der Waals surface area (Å²) >= 11 is 0. The Bertz CT molecular complexity index is 614. The van der Waals surface area contributed by atoms with Crippen LogP contribution in [0.1, 0.15) is 12.5 Å². The Morgan fingerprint density at radius 3 is 2.81 bits per heavy atom. The van der Waals surface area contributed by atoms with Crippen LogP contribution in [-0.4, -0.2) is 13.1 Å². The highest BCUT2D eigenvalue weighted by Gasteiger charge is 2.21. The molecule has 0 spiro atoms. The van der Waals surface area contributed by atoms with E-state index in [4.69, 9.17) is 9.47 Å². The largest absolute Gasteiger partial charge is 0.489 e. The molecule has 0 N–H and O–H groups in total. The highest BCUT2D eigenvalue weighted by molar-refractivity contribution is 5.90. The fourth-order valence-electron chi connectivity index (χ4n) is 2.12. The van der Waals surface area contributed by atoms with Gasteiger partial charge in [0.25, 0.3) is 0 Å². The Kier molecular flexibility index (Phi) is 4.93. The minimum atomic E-state index is -0.362. The van der Waals surface area contributed by atoms with E-state index in [0.717, 1.165) is 0 Å². The molecule has 1 aromatic carbocycles. The smallest absolute Gasteiger partial charge is 0.334 e. The zero-order chi connectivity index (χ0) is 15.2. The van der Waals surface area contributed by atoms with Crippen LogP contribution in [0.25, 0.3) is 0 Å². The molecule has 0 heterocycles. The number of allylic oxidation sites excluding steroid dienone is 4. The first-order chi connectivity index (χ1) is 10.2. The number of carbonyl (C=O) groups is 1. The molecule has 0 amide bonds. The number of benzene rings is 1. The molecule has 1 aromatic rings. The Morgan fingerprint density at radius 2 is 2.14 bits per heavy atom. The highest BCUT2D eigenvalue weighted by atomic mass is 19.1. The fraction of sp³-hybridized carbons (Fsp3) is 0.235. The average Bonchev–Trinajstić information content (AvgIpc) is 2.95. The summed E-state index contributed by atoms with van der Waals surface area (Å²) in [7, 11) is 1.35. The maximum absolute atomic E-state index is 13.5. The predicted molar refractivity (Wildman–Crippen MR) is 77.7 cm³/mol. The number of ether oxygens (including phenoxy) is 2. The number of halogens is 1. The summed E-state index contributed by atoms with van der Waals surface area (Å²) in [6.07, 6.45) is 7.16. The lowest BCUT2D eigenvalue weighted by molar-refractivity contribution is -0.136. The first-order valence-electron chi connectivity index (χ1n) is 6.66. The zero-order valence-corrected chi connectivity index (χ0v) is 12.0. The number of esters is 1. The summed E-state index contributed by atoms with van der Waals surface area (Å²) in [5, 5.41) is 0. The Hall–Kier alpha value is -2.36. The third kappa shape index (κ3) is 3.60. The van der Waals surface area contributed by atoms with E-state index < -0.39 is 0 Å². The van der Waals surface area contributed by atoms with E-state index in [2.05, 4.69) is 0 Å². The quantitative estimate of drug-likeness (QED) is 0.614. The molecule has 0 saturated heterocycles. The van der Waals surface area contributed by atoms with Crippen molar-refractivity contribution in [3.63, 3.8) is 0 Å². The standard InChI is InChI=1S/C17H17FO3/c1-3-15(17(19)20-2)12-8-9-14(10-12)21-11-13-6-4-5-7-16(13)18/h3-10,12H,11H2,1-2H3/b15-3+. The lowest BCUT2D eigenvalue weighted by Crippen LogP contribution is -2.10. The van der Waals surface area contributed by atoms with E-state index in [-0.39, 0.29) is 24.3 Å². The second-order valence-corrected chi connectivity index (χ2v) is 4.57. The van der Waals surface area contributed by atoms with Crippen LogP contribution in [0.15, 0.2) is 59.9 Å². The molecule has 0 radical (unpaired) electrons. The first-order valence-corrected chi connectivity index (χ1v) is 6.66. The average molecular weight is 288 g/mol. The van der Waals surface area contributed by atoms with Crippen LogP contribution in [0.2, 0.25) is 0 Å². The first kappa shape index (κ1) is 15.0. The van der Waals surface area contributed by atoms with Gasteiger partial charge in [0.2, 0.25) is 0 Å². The fourth-order valence-corrected chi connectivity index (χ4v) is 2.12. The van der Waals surface area contributed by atoms with Crippen molar-refractivity contribution in [3.8, 4) is 0 Å². The number of rotatable bonds is 5. The molecule has 0 saturated carbocycles. The van der Waals surface area contributed by atoms with Crippen molar-refractivity contribution in [1.29, 1.82) is 0 Å². The summed E-state index contributed by atoms with van der Waals surface area (Å²) < 4.78 is 23.8. The van der Waals surface area contributed by atoms with Crippen LogP contribution in [-0.2, 0) is 20.9 Å². The minimum absolute atomic E-state index is 0.152. The lowest BCUT2D eigenvalue weighted by atomic mass is 10.0. The number of carbonyl (C=O) groups excluding carboxylic acids is 1. The summed E-state index contributed by atoms with van der Waals surface area (Å²) in [6, 6.07) is 6.48. The van der Waals surface area contributed by atoms with Crippen LogP contribution >= 0.6 is 0 Å². The molecule has 0 bridgehead atoms. The van der Waals surface area contributed by atoms with Crippen LogP contribution < -0.4 is 0 Å². The minimum Gasteiger partial charge on any atom is -0.489 e.